The van der Waals surface area contributed by atoms with Gasteiger partial charge < -0.3 is 5.32 Å². The molecule has 0 aliphatic carbocycles. The highest BCUT2D eigenvalue weighted by molar-refractivity contribution is 8.00. The van der Waals surface area contributed by atoms with Crippen LogP contribution in [0.15, 0.2) is 0 Å². The number of nitrogens with zero attached hydrogens (tertiary/aromatic N) is 1. The van der Waals surface area contributed by atoms with Gasteiger partial charge in [0.05, 0.1) is 0 Å². The molecular formula is C12H16F4N2S. The lowest BCUT2D eigenvalue weighted by atomic mass is 10.0. The summed E-state index contributed by atoms with van der Waals surface area (Å²) in [5, 5.41) is 2.47. The van der Waals surface area contributed by atoms with Gasteiger partial charge in [-0.15, -0.1) is 0 Å². The first-order valence-electron chi connectivity index (χ1n) is 5.89. The molecule has 108 valence electrons. The normalized spacial score (nSPS) is 11.7. The molecule has 1 N–H and O–H groups in total. The summed E-state index contributed by atoms with van der Waals surface area (Å²) in [5.41, 5.74) is -0.801. The van der Waals surface area contributed by atoms with Gasteiger partial charge >= 0.3 is 0 Å². The van der Waals surface area contributed by atoms with E-state index in [1.54, 1.807) is 11.8 Å². The highest BCUT2D eigenvalue weighted by Crippen LogP contribution is 2.32. The molecule has 0 amide bonds. The monoisotopic (exact) mass is 296 g/mol. The van der Waals surface area contributed by atoms with Crippen LogP contribution in [0.3, 0.4) is 0 Å². The number of hydrogen-bond acceptors (Lipinski definition) is 3. The molecule has 0 bridgehead atoms. The smallest absolute Gasteiger partial charge is 0.253 e. The molecular weight excluding hydrogens is 280 g/mol. The fourth-order valence-corrected chi connectivity index (χ4v) is 2.55. The highest BCUT2D eigenvalue weighted by atomic mass is 32.2. The Morgan fingerprint density at radius 3 is 1.89 bits per heavy atom. The zero-order chi connectivity index (χ0) is 14.6. The number of nitrogens with one attached hydrogen (secondary N) is 1. The molecule has 1 heterocycles. The molecule has 1 aromatic heterocycles. The molecule has 0 unspecified atom stereocenters. The van der Waals surface area contributed by atoms with E-state index >= 15 is 0 Å². The highest BCUT2D eigenvalue weighted by Gasteiger charge is 2.27. The second kappa shape index (κ2) is 6.45. The predicted molar refractivity (Wildman–Crippen MR) is 69.4 cm³/mol. The fourth-order valence-electron chi connectivity index (χ4n) is 1.75. The average molecular weight is 296 g/mol. The molecule has 1 rings (SSSR count). The van der Waals surface area contributed by atoms with Crippen LogP contribution in [-0.4, -0.2) is 22.5 Å². The quantitative estimate of drug-likeness (QED) is 0.635. The van der Waals surface area contributed by atoms with Crippen molar-refractivity contribution in [2.45, 2.75) is 31.4 Å². The summed E-state index contributed by atoms with van der Waals surface area (Å²) in [5.74, 6) is -6.30. The Morgan fingerprint density at radius 2 is 1.53 bits per heavy atom. The number of aromatic nitrogens is 1. The molecule has 0 aliphatic heterocycles. The zero-order valence-corrected chi connectivity index (χ0v) is 11.8. The van der Waals surface area contributed by atoms with E-state index in [0.717, 1.165) is 12.8 Å². The Kier molecular flexibility index (Phi) is 5.46. The maximum Gasteiger partial charge on any atom is 0.253 e. The number of halogens is 4. The lowest BCUT2D eigenvalue weighted by Gasteiger charge is -2.30. The van der Waals surface area contributed by atoms with Gasteiger partial charge in [0.25, 0.3) is 11.9 Å². The van der Waals surface area contributed by atoms with Crippen molar-refractivity contribution in [2.24, 2.45) is 0 Å². The third kappa shape index (κ3) is 3.32. The molecule has 0 saturated heterocycles. The van der Waals surface area contributed by atoms with E-state index < -0.39 is 29.2 Å². The van der Waals surface area contributed by atoms with E-state index in [-0.39, 0.29) is 11.3 Å². The van der Waals surface area contributed by atoms with Crippen molar-refractivity contribution in [1.82, 2.24) is 4.98 Å². The molecule has 2 nitrogen and oxygen atoms in total. The predicted octanol–water partition coefficient (Wildman–Crippen LogP) is 3.97. The molecule has 0 spiro atoms. The first-order chi connectivity index (χ1) is 8.90. The van der Waals surface area contributed by atoms with Crippen LogP contribution in [0.1, 0.15) is 26.7 Å². The minimum absolute atomic E-state index is 0.206. The number of rotatable bonds is 6. The standard InChI is InChI=1S/C12H16F4N2S/c1-4-12(5-2,19-3)6-17-9-7(13)10(15)18-11(16)8(9)14/h4-6H2,1-3H3,(H,17,18). The Bertz CT molecular complexity index is 415. The Hall–Kier alpha value is -0.980. The number of pyridine rings is 1. The van der Waals surface area contributed by atoms with Gasteiger partial charge in [-0.05, 0) is 19.1 Å². The maximum absolute atomic E-state index is 13.4. The fraction of sp³-hybridized carbons (Fsp3) is 0.583. The second-order valence-electron chi connectivity index (χ2n) is 4.14. The number of hydrogen-bond donors (Lipinski definition) is 1. The number of thioether (sulfide) groups is 1. The Morgan fingerprint density at radius 1 is 1.05 bits per heavy atom. The SMILES string of the molecule is CCC(CC)(CNc1c(F)c(F)nc(F)c1F)SC. The van der Waals surface area contributed by atoms with Gasteiger partial charge in [-0.25, -0.2) is 0 Å². The average Bonchev–Trinajstić information content (AvgIpc) is 2.41. The minimum Gasteiger partial charge on any atom is -0.379 e. The van der Waals surface area contributed by atoms with Crippen molar-refractivity contribution in [1.29, 1.82) is 0 Å². The summed E-state index contributed by atoms with van der Waals surface area (Å²) in [6, 6.07) is 0. The van der Waals surface area contributed by atoms with Crippen LogP contribution in [-0.2, 0) is 0 Å². The van der Waals surface area contributed by atoms with E-state index in [4.69, 9.17) is 0 Å². The van der Waals surface area contributed by atoms with Crippen LogP contribution in [0.25, 0.3) is 0 Å². The van der Waals surface area contributed by atoms with Gasteiger partial charge in [-0.2, -0.15) is 34.3 Å². The summed E-state index contributed by atoms with van der Waals surface area (Å²) in [4.78, 5) is 2.51. The Balaban J connectivity index is 3.01. The van der Waals surface area contributed by atoms with Crippen LogP contribution in [0.5, 0.6) is 0 Å². The third-order valence-electron chi connectivity index (χ3n) is 3.31. The third-order valence-corrected chi connectivity index (χ3v) is 4.89. The van der Waals surface area contributed by atoms with E-state index in [1.165, 1.54) is 0 Å². The molecule has 0 aliphatic rings. The second-order valence-corrected chi connectivity index (χ2v) is 5.42. The van der Waals surface area contributed by atoms with Crippen molar-refractivity contribution >= 4 is 17.4 Å². The van der Waals surface area contributed by atoms with Crippen molar-refractivity contribution in [2.75, 3.05) is 18.1 Å². The van der Waals surface area contributed by atoms with Gasteiger partial charge in [0.1, 0.15) is 5.69 Å². The summed E-state index contributed by atoms with van der Waals surface area (Å²) in [6.45, 7) is 4.10. The van der Waals surface area contributed by atoms with E-state index in [0.29, 0.717) is 0 Å². The van der Waals surface area contributed by atoms with Gasteiger partial charge in [-0.1, -0.05) is 13.8 Å². The Labute approximate surface area is 114 Å². The zero-order valence-electron chi connectivity index (χ0n) is 11.0. The molecule has 0 saturated carbocycles. The summed E-state index contributed by atoms with van der Waals surface area (Å²) >= 11 is 1.55. The van der Waals surface area contributed by atoms with Crippen molar-refractivity contribution < 1.29 is 17.6 Å². The topological polar surface area (TPSA) is 24.9 Å². The summed E-state index contributed by atoms with van der Waals surface area (Å²) < 4.78 is 52.5. The summed E-state index contributed by atoms with van der Waals surface area (Å²) in [7, 11) is 0. The first kappa shape index (κ1) is 16.1. The van der Waals surface area contributed by atoms with Gasteiger partial charge in [0.2, 0.25) is 11.6 Å². The number of anilines is 1. The largest absolute Gasteiger partial charge is 0.379 e. The van der Waals surface area contributed by atoms with E-state index in [2.05, 4.69) is 10.3 Å². The lowest BCUT2D eigenvalue weighted by molar-refractivity contribution is 0.409. The minimum atomic E-state index is -1.65. The van der Waals surface area contributed by atoms with E-state index in [9.17, 15) is 17.6 Å². The molecule has 0 radical (unpaired) electrons. The first-order valence-corrected chi connectivity index (χ1v) is 7.12. The van der Waals surface area contributed by atoms with Crippen LogP contribution in [0, 0.1) is 23.5 Å². The van der Waals surface area contributed by atoms with Crippen molar-refractivity contribution in [3.8, 4) is 0 Å². The van der Waals surface area contributed by atoms with Crippen LogP contribution in [0.2, 0.25) is 0 Å². The maximum atomic E-state index is 13.4. The van der Waals surface area contributed by atoms with Crippen LogP contribution in [0.4, 0.5) is 23.2 Å². The van der Waals surface area contributed by atoms with Gasteiger partial charge in [0, 0.05) is 11.3 Å². The summed E-state index contributed by atoms with van der Waals surface area (Å²) in [6.07, 6.45) is 3.41. The van der Waals surface area contributed by atoms with Crippen molar-refractivity contribution in [3.05, 3.63) is 23.5 Å². The lowest BCUT2D eigenvalue weighted by Crippen LogP contribution is -2.32. The van der Waals surface area contributed by atoms with E-state index in [1.807, 2.05) is 20.1 Å². The molecule has 1 aromatic rings. The van der Waals surface area contributed by atoms with Crippen molar-refractivity contribution in [3.63, 3.8) is 0 Å². The van der Waals surface area contributed by atoms with Gasteiger partial charge in [-0.3, -0.25) is 0 Å². The molecule has 7 heteroatoms. The molecule has 0 fully saturated rings. The molecule has 19 heavy (non-hydrogen) atoms. The van der Waals surface area contributed by atoms with Gasteiger partial charge in [0.15, 0.2) is 0 Å². The van der Waals surface area contributed by atoms with Crippen LogP contribution < -0.4 is 5.32 Å². The van der Waals surface area contributed by atoms with Crippen LogP contribution >= 0.6 is 11.8 Å². The molecule has 0 atom stereocenters. The molecule has 0 aromatic carbocycles.